The van der Waals surface area contributed by atoms with Gasteiger partial charge in [-0.05, 0) is 37.9 Å². The summed E-state index contributed by atoms with van der Waals surface area (Å²) < 4.78 is 47.2. The number of benzene rings is 1. The first kappa shape index (κ1) is 12.0. The van der Waals surface area contributed by atoms with Crippen molar-refractivity contribution in [3.8, 4) is 0 Å². The highest BCUT2D eigenvalue weighted by Gasteiger charge is 2.23. The Bertz CT molecular complexity index is 463. The summed E-state index contributed by atoms with van der Waals surface area (Å²) in [7, 11) is -4.30. The normalized spacial score (nSPS) is 11.8. The fraction of sp³-hybridized carbons (Fsp3) is 0. The molecule has 0 aliphatic rings. The Labute approximate surface area is 95.6 Å². The van der Waals surface area contributed by atoms with Gasteiger partial charge in [-0.25, -0.2) is 22.3 Å². The fourth-order valence-corrected chi connectivity index (χ4v) is 3.00. The first-order valence-electron chi connectivity index (χ1n) is 3.11. The van der Waals surface area contributed by atoms with E-state index in [-0.39, 0.29) is 4.47 Å². The van der Waals surface area contributed by atoms with E-state index in [0.717, 1.165) is 6.07 Å². The maximum absolute atomic E-state index is 13.2. The maximum atomic E-state index is 13.2. The van der Waals surface area contributed by atoms with Crippen molar-refractivity contribution in [3.63, 3.8) is 0 Å². The number of hydrogen-bond acceptors (Lipinski definition) is 2. The lowest BCUT2D eigenvalue weighted by Gasteiger charge is -2.05. The minimum atomic E-state index is -4.30. The smallest absolute Gasteiger partial charge is 0.224 e. The minimum absolute atomic E-state index is 0.303. The van der Waals surface area contributed by atoms with Crippen LogP contribution in [-0.4, -0.2) is 8.42 Å². The molecule has 0 unspecified atom stereocenters. The Balaban J connectivity index is 3.74. The van der Waals surface area contributed by atoms with Crippen LogP contribution in [-0.2, 0) is 10.0 Å². The lowest BCUT2D eigenvalue weighted by Crippen LogP contribution is -2.15. The van der Waals surface area contributed by atoms with E-state index in [1.165, 1.54) is 0 Å². The van der Waals surface area contributed by atoms with Gasteiger partial charge in [0.15, 0.2) is 5.82 Å². The van der Waals surface area contributed by atoms with E-state index in [9.17, 15) is 17.2 Å². The van der Waals surface area contributed by atoms with Gasteiger partial charge in [-0.2, -0.15) is 0 Å². The number of hydrogen-bond donors (Lipinski definition) is 1. The number of rotatable bonds is 1. The van der Waals surface area contributed by atoms with Crippen LogP contribution in [0.4, 0.5) is 8.78 Å². The molecule has 0 radical (unpaired) electrons. The predicted molar refractivity (Wildman–Crippen MR) is 53.1 cm³/mol. The van der Waals surface area contributed by atoms with Gasteiger partial charge in [-0.1, -0.05) is 0 Å². The molecule has 0 aliphatic carbocycles. The molecule has 2 N–H and O–H groups in total. The number of primary sulfonamides is 1. The molecule has 14 heavy (non-hydrogen) atoms. The monoisotopic (exact) mass is 349 g/mol. The molecular weight excluding hydrogens is 348 g/mol. The van der Waals surface area contributed by atoms with E-state index in [4.69, 9.17) is 5.14 Å². The lowest BCUT2D eigenvalue weighted by molar-refractivity contribution is 0.544. The molecule has 0 heterocycles. The van der Waals surface area contributed by atoms with Crippen LogP contribution in [0, 0.1) is 11.6 Å². The summed E-state index contributed by atoms with van der Waals surface area (Å²) in [4.78, 5) is -0.899. The Kier molecular flexibility index (Phi) is 3.30. The summed E-state index contributed by atoms with van der Waals surface area (Å²) in [6.07, 6.45) is 0. The largest absolute Gasteiger partial charge is 0.242 e. The molecule has 1 rings (SSSR count). The second-order valence-electron chi connectivity index (χ2n) is 2.34. The van der Waals surface area contributed by atoms with Gasteiger partial charge in [0.2, 0.25) is 10.0 Å². The molecule has 0 bridgehead atoms. The van der Waals surface area contributed by atoms with Gasteiger partial charge in [0, 0.05) is 0 Å². The van der Waals surface area contributed by atoms with Crippen molar-refractivity contribution in [3.05, 3.63) is 26.6 Å². The molecule has 0 spiro atoms. The van der Waals surface area contributed by atoms with Gasteiger partial charge in [-0.3, -0.25) is 0 Å². The van der Waals surface area contributed by atoms with E-state index in [0.29, 0.717) is 0 Å². The minimum Gasteiger partial charge on any atom is -0.224 e. The zero-order chi connectivity index (χ0) is 11.1. The quantitative estimate of drug-likeness (QED) is 0.789. The second-order valence-corrected chi connectivity index (χ2v) is 5.49. The van der Waals surface area contributed by atoms with Crippen LogP contribution in [0.3, 0.4) is 0 Å². The average molecular weight is 351 g/mol. The number of halogens is 4. The molecule has 78 valence electrons. The van der Waals surface area contributed by atoms with Crippen LogP contribution in [0.2, 0.25) is 0 Å². The zero-order valence-electron chi connectivity index (χ0n) is 6.39. The van der Waals surface area contributed by atoms with Crippen molar-refractivity contribution in [1.82, 2.24) is 0 Å². The van der Waals surface area contributed by atoms with E-state index >= 15 is 0 Å². The molecule has 0 amide bonds. The molecule has 0 aliphatic heterocycles. The first-order valence-corrected chi connectivity index (χ1v) is 6.24. The SMILES string of the molecule is NS(=O)(=O)c1c(F)c(Br)cc(F)c1Br. The van der Waals surface area contributed by atoms with Crippen molar-refractivity contribution in [1.29, 1.82) is 0 Å². The summed E-state index contributed by atoms with van der Waals surface area (Å²) in [6.45, 7) is 0. The molecule has 0 aromatic heterocycles. The molecule has 0 fully saturated rings. The van der Waals surface area contributed by atoms with Gasteiger partial charge in [-0.15, -0.1) is 0 Å². The summed E-state index contributed by atoms with van der Waals surface area (Å²) in [5, 5.41) is 4.71. The fourth-order valence-electron chi connectivity index (χ4n) is 0.801. The summed E-state index contributed by atoms with van der Waals surface area (Å²) in [5.74, 6) is -2.04. The summed E-state index contributed by atoms with van der Waals surface area (Å²) in [6, 6.07) is 0.800. The molecule has 1 aromatic rings. The molecule has 0 atom stereocenters. The van der Waals surface area contributed by atoms with Crippen molar-refractivity contribution in [2.45, 2.75) is 4.90 Å². The Morgan fingerprint density at radius 3 is 2.21 bits per heavy atom. The molecule has 3 nitrogen and oxygen atoms in total. The zero-order valence-corrected chi connectivity index (χ0v) is 10.4. The lowest BCUT2D eigenvalue weighted by atomic mass is 10.3. The van der Waals surface area contributed by atoms with E-state index in [1.54, 1.807) is 0 Å². The van der Waals surface area contributed by atoms with Crippen molar-refractivity contribution < 1.29 is 17.2 Å². The third-order valence-corrected chi connectivity index (χ3v) is 3.92. The van der Waals surface area contributed by atoms with E-state index < -0.39 is 31.0 Å². The van der Waals surface area contributed by atoms with Gasteiger partial charge in [0.05, 0.1) is 8.95 Å². The second kappa shape index (κ2) is 3.84. The highest BCUT2D eigenvalue weighted by Crippen LogP contribution is 2.31. The van der Waals surface area contributed by atoms with Crippen LogP contribution in [0.1, 0.15) is 0 Å². The van der Waals surface area contributed by atoms with Gasteiger partial charge in [0.1, 0.15) is 10.7 Å². The topological polar surface area (TPSA) is 60.2 Å². The highest BCUT2D eigenvalue weighted by atomic mass is 79.9. The molecule has 1 aromatic carbocycles. The predicted octanol–water partition coefficient (Wildman–Crippen LogP) is 2.14. The standard InChI is InChI=1S/C6H3Br2F2NO2S/c7-2-1-3(9)4(8)6(5(2)10)14(11,12)13/h1H,(H2,11,12,13). The highest BCUT2D eigenvalue weighted by molar-refractivity contribution is 9.11. The van der Waals surface area contributed by atoms with Crippen LogP contribution in [0.15, 0.2) is 19.9 Å². The Morgan fingerprint density at radius 1 is 1.29 bits per heavy atom. The van der Waals surface area contributed by atoms with Crippen LogP contribution < -0.4 is 5.14 Å². The molecule has 8 heteroatoms. The van der Waals surface area contributed by atoms with Gasteiger partial charge in [0.25, 0.3) is 0 Å². The van der Waals surface area contributed by atoms with Crippen molar-refractivity contribution in [2.75, 3.05) is 0 Å². The van der Waals surface area contributed by atoms with Crippen LogP contribution in [0.25, 0.3) is 0 Å². The van der Waals surface area contributed by atoms with Crippen LogP contribution in [0.5, 0.6) is 0 Å². The van der Waals surface area contributed by atoms with E-state index in [1.807, 2.05) is 0 Å². The maximum Gasteiger partial charge on any atom is 0.242 e. The molecular formula is C6H3Br2F2NO2S. The third-order valence-electron chi connectivity index (χ3n) is 1.36. The van der Waals surface area contributed by atoms with Gasteiger partial charge < -0.3 is 0 Å². The molecule has 0 saturated heterocycles. The first-order chi connectivity index (χ1) is 6.25. The summed E-state index contributed by atoms with van der Waals surface area (Å²) >= 11 is 5.27. The molecule has 0 saturated carbocycles. The van der Waals surface area contributed by atoms with Crippen LogP contribution >= 0.6 is 31.9 Å². The Morgan fingerprint density at radius 2 is 1.79 bits per heavy atom. The number of nitrogens with two attached hydrogens (primary N) is 1. The summed E-state index contributed by atoms with van der Waals surface area (Å²) in [5.41, 5.74) is 0. The van der Waals surface area contributed by atoms with E-state index in [2.05, 4.69) is 31.9 Å². The average Bonchev–Trinajstić information content (AvgIpc) is 1.98. The Hall–Kier alpha value is -0.0500. The van der Waals surface area contributed by atoms with Gasteiger partial charge >= 0.3 is 0 Å². The van der Waals surface area contributed by atoms with Crippen molar-refractivity contribution >= 4 is 41.9 Å². The number of sulfonamides is 1. The third kappa shape index (κ3) is 2.13. The van der Waals surface area contributed by atoms with Crippen molar-refractivity contribution in [2.24, 2.45) is 5.14 Å².